The van der Waals surface area contributed by atoms with E-state index in [0.29, 0.717) is 0 Å². The van der Waals surface area contributed by atoms with Gasteiger partial charge >= 0.3 is 0 Å². The smallest absolute Gasteiger partial charge is 0.254 e. The van der Waals surface area contributed by atoms with E-state index >= 15 is 0 Å². The Kier molecular flexibility index (Phi) is 3.86. The van der Waals surface area contributed by atoms with Crippen molar-refractivity contribution >= 4 is 27.7 Å². The van der Waals surface area contributed by atoms with Crippen LogP contribution < -0.4 is 5.73 Å². The highest BCUT2D eigenvalue weighted by Crippen LogP contribution is 2.22. The number of rotatable bonds is 2. The van der Waals surface area contributed by atoms with Crippen LogP contribution in [0.4, 0.5) is 4.39 Å². The molecule has 1 heterocycles. The van der Waals surface area contributed by atoms with E-state index < -0.39 is 29.8 Å². The third-order valence-electron chi connectivity index (χ3n) is 3.03. The first kappa shape index (κ1) is 14.0. The number of aliphatic hydroxyl groups is 1. The third-order valence-corrected chi connectivity index (χ3v) is 3.68. The Hall–Kier alpha value is -1.47. The fourth-order valence-electron chi connectivity index (χ4n) is 2.10. The highest BCUT2D eigenvalue weighted by molar-refractivity contribution is 9.10. The van der Waals surface area contributed by atoms with Crippen LogP contribution in [0.1, 0.15) is 16.8 Å². The number of carbonyl (C=O) groups excluding carboxylic acids is 2. The summed E-state index contributed by atoms with van der Waals surface area (Å²) in [5.74, 6) is -1.77. The number of β-amino-alcohol motifs (C(OH)–C–C–N with tert-alkyl or cyclic N) is 1. The highest BCUT2D eigenvalue weighted by atomic mass is 79.9. The van der Waals surface area contributed by atoms with Gasteiger partial charge in [0.1, 0.15) is 11.9 Å². The molecule has 19 heavy (non-hydrogen) atoms. The van der Waals surface area contributed by atoms with E-state index in [-0.39, 0.29) is 23.0 Å². The lowest BCUT2D eigenvalue weighted by atomic mass is 10.1. The van der Waals surface area contributed by atoms with Gasteiger partial charge in [-0.25, -0.2) is 4.39 Å². The second kappa shape index (κ2) is 5.26. The molecule has 0 bridgehead atoms. The maximum Gasteiger partial charge on any atom is 0.254 e. The van der Waals surface area contributed by atoms with E-state index in [1.165, 1.54) is 17.0 Å². The Balaban J connectivity index is 2.27. The molecule has 0 radical (unpaired) electrons. The highest BCUT2D eigenvalue weighted by Gasteiger charge is 2.38. The average Bonchev–Trinajstić information content (AvgIpc) is 2.74. The fraction of sp³-hybridized carbons (Fsp3) is 0.333. The predicted octanol–water partition coefficient (Wildman–Crippen LogP) is 0.649. The van der Waals surface area contributed by atoms with Gasteiger partial charge in [-0.15, -0.1) is 0 Å². The molecular formula is C12H12BrFN2O3. The summed E-state index contributed by atoms with van der Waals surface area (Å²) in [4.78, 5) is 24.6. The van der Waals surface area contributed by atoms with Gasteiger partial charge in [0, 0.05) is 18.5 Å². The number of amides is 2. The molecule has 0 spiro atoms. The van der Waals surface area contributed by atoms with Crippen molar-refractivity contribution in [3.05, 3.63) is 34.1 Å². The molecule has 0 aromatic heterocycles. The van der Waals surface area contributed by atoms with Crippen LogP contribution >= 0.6 is 15.9 Å². The van der Waals surface area contributed by atoms with Crippen LogP contribution in [0.2, 0.25) is 0 Å². The molecule has 5 nitrogen and oxygen atoms in total. The lowest BCUT2D eigenvalue weighted by molar-refractivity contribution is -0.121. The zero-order valence-electron chi connectivity index (χ0n) is 9.85. The fourth-order valence-corrected chi connectivity index (χ4v) is 2.35. The Morgan fingerprint density at radius 3 is 2.74 bits per heavy atom. The Morgan fingerprint density at radius 1 is 1.47 bits per heavy atom. The van der Waals surface area contributed by atoms with Crippen LogP contribution in [0.3, 0.4) is 0 Å². The number of hydrogen-bond acceptors (Lipinski definition) is 3. The second-order valence-electron chi connectivity index (χ2n) is 4.39. The van der Waals surface area contributed by atoms with Gasteiger partial charge in [-0.1, -0.05) is 0 Å². The number of primary amides is 1. The first-order chi connectivity index (χ1) is 8.90. The van der Waals surface area contributed by atoms with E-state index in [2.05, 4.69) is 15.9 Å². The predicted molar refractivity (Wildman–Crippen MR) is 68.7 cm³/mol. The Bertz CT molecular complexity index is 538. The number of nitrogens with two attached hydrogens (primary N) is 1. The SMILES string of the molecule is NC(=O)C1CC(O)CN1C(=O)c1ccc(Br)c(F)c1. The van der Waals surface area contributed by atoms with Crippen LogP contribution in [-0.4, -0.2) is 40.5 Å². The molecule has 1 aliphatic rings. The van der Waals surface area contributed by atoms with Crippen molar-refractivity contribution in [3.8, 4) is 0 Å². The first-order valence-corrected chi connectivity index (χ1v) is 6.43. The molecule has 1 aliphatic heterocycles. The number of aliphatic hydroxyl groups excluding tert-OH is 1. The maximum absolute atomic E-state index is 13.4. The molecule has 2 rings (SSSR count). The normalized spacial score (nSPS) is 22.6. The molecule has 0 saturated carbocycles. The van der Waals surface area contributed by atoms with E-state index in [1.807, 2.05) is 0 Å². The van der Waals surface area contributed by atoms with Crippen molar-refractivity contribution in [1.29, 1.82) is 0 Å². The second-order valence-corrected chi connectivity index (χ2v) is 5.25. The average molecular weight is 331 g/mol. The lowest BCUT2D eigenvalue weighted by Crippen LogP contribution is -2.43. The third kappa shape index (κ3) is 2.76. The van der Waals surface area contributed by atoms with Crippen molar-refractivity contribution in [1.82, 2.24) is 4.90 Å². The van der Waals surface area contributed by atoms with Crippen LogP contribution in [-0.2, 0) is 4.79 Å². The molecule has 0 aliphatic carbocycles. The number of carbonyl (C=O) groups is 2. The van der Waals surface area contributed by atoms with E-state index in [4.69, 9.17) is 5.73 Å². The molecular weight excluding hydrogens is 319 g/mol. The van der Waals surface area contributed by atoms with Gasteiger partial charge < -0.3 is 15.7 Å². The van der Waals surface area contributed by atoms with Gasteiger partial charge in [-0.2, -0.15) is 0 Å². The summed E-state index contributed by atoms with van der Waals surface area (Å²) in [6, 6.07) is 3.08. The molecule has 1 saturated heterocycles. The van der Waals surface area contributed by atoms with Crippen LogP contribution in [0.15, 0.2) is 22.7 Å². The Morgan fingerprint density at radius 2 is 2.16 bits per heavy atom. The van der Waals surface area contributed by atoms with Gasteiger partial charge in [0.05, 0.1) is 10.6 Å². The molecule has 1 aromatic rings. The van der Waals surface area contributed by atoms with Gasteiger partial charge in [0.15, 0.2) is 0 Å². The van der Waals surface area contributed by atoms with E-state index in [9.17, 15) is 19.1 Å². The minimum absolute atomic E-state index is 0.0180. The van der Waals surface area contributed by atoms with E-state index in [0.717, 1.165) is 6.07 Å². The number of likely N-dealkylation sites (tertiary alicyclic amines) is 1. The summed E-state index contributed by atoms with van der Waals surface area (Å²) in [5.41, 5.74) is 5.31. The standard InChI is InChI=1S/C12H12BrFN2O3/c13-8-2-1-6(3-9(8)14)12(19)16-5-7(17)4-10(16)11(15)18/h1-3,7,10,17H,4-5H2,(H2,15,18). The number of halogens is 2. The van der Waals surface area contributed by atoms with Gasteiger partial charge in [0.25, 0.3) is 5.91 Å². The first-order valence-electron chi connectivity index (χ1n) is 5.63. The molecule has 1 fully saturated rings. The largest absolute Gasteiger partial charge is 0.391 e. The van der Waals surface area contributed by atoms with Crippen molar-refractivity contribution in [2.75, 3.05) is 6.54 Å². The van der Waals surface area contributed by atoms with Crippen molar-refractivity contribution in [2.45, 2.75) is 18.6 Å². The summed E-state index contributed by atoms with van der Waals surface area (Å²) in [6.45, 7) is 0.0180. The van der Waals surface area contributed by atoms with E-state index in [1.54, 1.807) is 0 Å². The quantitative estimate of drug-likeness (QED) is 0.835. The number of benzene rings is 1. The van der Waals surface area contributed by atoms with Crippen molar-refractivity contribution in [3.63, 3.8) is 0 Å². The topological polar surface area (TPSA) is 83.6 Å². The van der Waals surface area contributed by atoms with Gasteiger partial charge in [0.2, 0.25) is 5.91 Å². The summed E-state index contributed by atoms with van der Waals surface area (Å²) in [7, 11) is 0. The van der Waals surface area contributed by atoms with Crippen LogP contribution in [0, 0.1) is 5.82 Å². The zero-order chi connectivity index (χ0) is 14.2. The minimum Gasteiger partial charge on any atom is -0.391 e. The monoisotopic (exact) mass is 330 g/mol. The molecule has 2 atom stereocenters. The molecule has 7 heteroatoms. The molecule has 3 N–H and O–H groups in total. The van der Waals surface area contributed by atoms with Crippen molar-refractivity contribution < 1.29 is 19.1 Å². The van der Waals surface area contributed by atoms with Gasteiger partial charge in [-0.3, -0.25) is 9.59 Å². The summed E-state index contributed by atoms with van der Waals surface area (Å²) in [5, 5.41) is 9.53. The number of hydrogen-bond donors (Lipinski definition) is 2. The minimum atomic E-state index is -0.853. The van der Waals surface area contributed by atoms with Gasteiger partial charge in [-0.05, 0) is 34.1 Å². The van der Waals surface area contributed by atoms with Crippen molar-refractivity contribution in [2.24, 2.45) is 5.73 Å². The number of nitrogens with zero attached hydrogens (tertiary/aromatic N) is 1. The molecule has 1 aromatic carbocycles. The molecule has 102 valence electrons. The lowest BCUT2D eigenvalue weighted by Gasteiger charge is -2.21. The molecule has 2 amide bonds. The Labute approximate surface area is 117 Å². The molecule has 2 unspecified atom stereocenters. The summed E-state index contributed by atoms with van der Waals surface area (Å²) in [6.07, 6.45) is -0.679. The van der Waals surface area contributed by atoms with Crippen LogP contribution in [0.5, 0.6) is 0 Å². The summed E-state index contributed by atoms with van der Waals surface area (Å²) >= 11 is 2.99. The zero-order valence-corrected chi connectivity index (χ0v) is 11.4. The van der Waals surface area contributed by atoms with Crippen LogP contribution in [0.25, 0.3) is 0 Å². The summed E-state index contributed by atoms with van der Waals surface area (Å²) < 4.78 is 13.6. The maximum atomic E-state index is 13.4.